The maximum atomic E-state index is 13.2. The molecule has 1 aromatic carbocycles. The standard InChI is InChI=1S/C18H18BrN5OS/c19-14-4-5-15-16(8-14)26-17(22-15)24(11-13-9-20-12-21-10-13)18(25)23-6-2-1-3-7-23/h4-5,8-10,12H,1-3,6-7,11H2. The number of halogens is 1. The number of hydrogen-bond acceptors (Lipinski definition) is 5. The SMILES string of the molecule is O=C(N1CCCCC1)N(Cc1cncnc1)c1nc2ccc(Br)cc2s1. The van der Waals surface area contributed by atoms with Gasteiger partial charge in [-0.15, -0.1) is 0 Å². The largest absolute Gasteiger partial charge is 0.326 e. The number of urea groups is 1. The van der Waals surface area contributed by atoms with Crippen molar-refractivity contribution in [2.45, 2.75) is 25.8 Å². The fourth-order valence-corrected chi connectivity index (χ4v) is 4.58. The first-order valence-corrected chi connectivity index (χ1v) is 10.2. The van der Waals surface area contributed by atoms with Crippen molar-refractivity contribution < 1.29 is 4.79 Å². The summed E-state index contributed by atoms with van der Waals surface area (Å²) in [6.07, 6.45) is 8.28. The summed E-state index contributed by atoms with van der Waals surface area (Å²) in [7, 11) is 0. The number of benzene rings is 1. The molecule has 0 radical (unpaired) electrons. The van der Waals surface area contributed by atoms with E-state index in [-0.39, 0.29) is 6.03 Å². The lowest BCUT2D eigenvalue weighted by Gasteiger charge is -2.31. The van der Waals surface area contributed by atoms with Gasteiger partial charge in [-0.3, -0.25) is 4.90 Å². The summed E-state index contributed by atoms with van der Waals surface area (Å²) in [5, 5.41) is 0.706. The summed E-state index contributed by atoms with van der Waals surface area (Å²) in [6.45, 7) is 2.02. The molecule has 0 saturated carbocycles. The zero-order chi connectivity index (χ0) is 17.9. The molecule has 26 heavy (non-hydrogen) atoms. The molecular weight excluding hydrogens is 414 g/mol. The second-order valence-electron chi connectivity index (χ2n) is 6.27. The minimum atomic E-state index is 0.00618. The summed E-state index contributed by atoms with van der Waals surface area (Å²) in [5.41, 5.74) is 1.78. The predicted molar refractivity (Wildman–Crippen MR) is 106 cm³/mol. The molecule has 0 unspecified atom stereocenters. The first kappa shape index (κ1) is 17.4. The number of carbonyl (C=O) groups excluding carboxylic acids is 1. The number of rotatable bonds is 3. The highest BCUT2D eigenvalue weighted by atomic mass is 79.9. The van der Waals surface area contributed by atoms with Crippen LogP contribution in [0, 0.1) is 0 Å². The number of piperidine rings is 1. The molecule has 3 heterocycles. The lowest BCUT2D eigenvalue weighted by molar-refractivity contribution is 0.192. The van der Waals surface area contributed by atoms with Crippen LogP contribution in [0.3, 0.4) is 0 Å². The number of fused-ring (bicyclic) bond motifs is 1. The predicted octanol–water partition coefficient (Wildman–Crippen LogP) is 4.46. The molecule has 1 saturated heterocycles. The van der Waals surface area contributed by atoms with Gasteiger partial charge in [0.15, 0.2) is 5.13 Å². The summed E-state index contributed by atoms with van der Waals surface area (Å²) in [5.74, 6) is 0. The van der Waals surface area contributed by atoms with Crippen LogP contribution in [0.5, 0.6) is 0 Å². The van der Waals surface area contributed by atoms with Crippen molar-refractivity contribution in [1.82, 2.24) is 19.9 Å². The van der Waals surface area contributed by atoms with Gasteiger partial charge in [0.05, 0.1) is 16.8 Å². The molecule has 3 aromatic rings. The highest BCUT2D eigenvalue weighted by molar-refractivity contribution is 9.10. The second-order valence-corrected chi connectivity index (χ2v) is 8.20. The van der Waals surface area contributed by atoms with Crippen molar-refractivity contribution in [2.75, 3.05) is 18.0 Å². The molecule has 0 atom stereocenters. The van der Waals surface area contributed by atoms with Crippen LogP contribution in [0.1, 0.15) is 24.8 Å². The van der Waals surface area contributed by atoms with Crippen LogP contribution < -0.4 is 4.90 Å². The number of carbonyl (C=O) groups is 1. The summed E-state index contributed by atoms with van der Waals surface area (Å²) < 4.78 is 2.06. The third-order valence-electron chi connectivity index (χ3n) is 4.38. The van der Waals surface area contributed by atoms with Crippen LogP contribution in [0.25, 0.3) is 10.2 Å². The number of aromatic nitrogens is 3. The first-order chi connectivity index (χ1) is 12.7. The molecule has 1 aliphatic heterocycles. The van der Waals surface area contributed by atoms with Gasteiger partial charge in [-0.2, -0.15) is 0 Å². The summed E-state index contributed by atoms with van der Waals surface area (Å²) >= 11 is 5.03. The Balaban J connectivity index is 1.69. The Labute approximate surface area is 164 Å². The molecule has 0 bridgehead atoms. The van der Waals surface area contributed by atoms with Crippen LogP contribution in [0.4, 0.5) is 9.93 Å². The van der Waals surface area contributed by atoms with Crippen molar-refractivity contribution in [3.05, 3.63) is 47.0 Å². The Hall–Kier alpha value is -2.06. The van der Waals surface area contributed by atoms with Gasteiger partial charge in [0.2, 0.25) is 0 Å². The highest BCUT2D eigenvalue weighted by Crippen LogP contribution is 2.32. The number of nitrogens with zero attached hydrogens (tertiary/aromatic N) is 5. The van der Waals surface area contributed by atoms with E-state index in [4.69, 9.17) is 4.98 Å². The smallest absolute Gasteiger partial charge is 0.324 e. The van der Waals surface area contributed by atoms with E-state index in [1.807, 2.05) is 23.1 Å². The third kappa shape index (κ3) is 3.71. The fraction of sp³-hybridized carbons (Fsp3) is 0.333. The van der Waals surface area contributed by atoms with Gasteiger partial charge in [-0.25, -0.2) is 19.7 Å². The van der Waals surface area contributed by atoms with Gasteiger partial charge < -0.3 is 4.90 Å². The maximum absolute atomic E-state index is 13.2. The van der Waals surface area contributed by atoms with Crippen LogP contribution in [0.2, 0.25) is 0 Å². The van der Waals surface area contributed by atoms with E-state index in [1.165, 1.54) is 24.1 Å². The van der Waals surface area contributed by atoms with Crippen molar-refractivity contribution in [3.63, 3.8) is 0 Å². The Morgan fingerprint density at radius 1 is 1.19 bits per heavy atom. The maximum Gasteiger partial charge on any atom is 0.326 e. The van der Waals surface area contributed by atoms with Gasteiger partial charge in [0.25, 0.3) is 0 Å². The quantitative estimate of drug-likeness (QED) is 0.613. The molecule has 0 N–H and O–H groups in total. The normalized spacial score (nSPS) is 14.6. The monoisotopic (exact) mass is 431 g/mol. The summed E-state index contributed by atoms with van der Waals surface area (Å²) in [6, 6.07) is 5.97. The molecule has 0 spiro atoms. The summed E-state index contributed by atoms with van der Waals surface area (Å²) in [4.78, 5) is 29.7. The average molecular weight is 432 g/mol. The van der Waals surface area contributed by atoms with Crippen molar-refractivity contribution in [3.8, 4) is 0 Å². The van der Waals surface area contributed by atoms with Crippen molar-refractivity contribution in [1.29, 1.82) is 0 Å². The molecule has 2 amide bonds. The van der Waals surface area contributed by atoms with E-state index in [0.29, 0.717) is 11.7 Å². The lowest BCUT2D eigenvalue weighted by Crippen LogP contribution is -2.45. The Bertz CT molecular complexity index is 910. The zero-order valence-corrected chi connectivity index (χ0v) is 16.5. The van der Waals surface area contributed by atoms with Crippen LogP contribution in [-0.2, 0) is 6.54 Å². The third-order valence-corrected chi connectivity index (χ3v) is 5.92. The first-order valence-electron chi connectivity index (χ1n) is 8.57. The second kappa shape index (κ2) is 7.67. The van der Waals surface area contributed by atoms with Gasteiger partial charge in [-0.05, 0) is 37.5 Å². The zero-order valence-electron chi connectivity index (χ0n) is 14.1. The van der Waals surface area contributed by atoms with E-state index in [9.17, 15) is 4.79 Å². The van der Waals surface area contributed by atoms with E-state index in [2.05, 4.69) is 25.9 Å². The van der Waals surface area contributed by atoms with Crippen LogP contribution in [0.15, 0.2) is 41.4 Å². The van der Waals surface area contributed by atoms with Crippen LogP contribution in [-0.4, -0.2) is 39.0 Å². The minimum absolute atomic E-state index is 0.00618. The molecular formula is C18H18BrN5OS. The molecule has 1 aliphatic rings. The van der Waals surface area contributed by atoms with Gasteiger partial charge in [0.1, 0.15) is 6.33 Å². The number of thiazole rings is 1. The fourth-order valence-electron chi connectivity index (χ4n) is 3.07. The topological polar surface area (TPSA) is 62.2 Å². The number of likely N-dealkylation sites (tertiary alicyclic amines) is 1. The lowest BCUT2D eigenvalue weighted by atomic mass is 10.1. The molecule has 2 aromatic heterocycles. The molecule has 8 heteroatoms. The van der Waals surface area contributed by atoms with Gasteiger partial charge >= 0.3 is 6.03 Å². The Morgan fingerprint density at radius 2 is 1.96 bits per heavy atom. The van der Waals surface area contributed by atoms with E-state index in [0.717, 1.165) is 46.2 Å². The van der Waals surface area contributed by atoms with Gasteiger partial charge in [-0.1, -0.05) is 27.3 Å². The molecule has 6 nitrogen and oxygen atoms in total. The highest BCUT2D eigenvalue weighted by Gasteiger charge is 2.26. The Morgan fingerprint density at radius 3 is 2.73 bits per heavy atom. The van der Waals surface area contributed by atoms with Crippen LogP contribution >= 0.6 is 27.3 Å². The van der Waals surface area contributed by atoms with Crippen molar-refractivity contribution >= 4 is 48.6 Å². The minimum Gasteiger partial charge on any atom is -0.324 e. The Kier molecular flexibility index (Phi) is 5.12. The number of amides is 2. The molecule has 134 valence electrons. The van der Waals surface area contributed by atoms with E-state index < -0.39 is 0 Å². The molecule has 4 rings (SSSR count). The van der Waals surface area contributed by atoms with Crippen molar-refractivity contribution in [2.24, 2.45) is 0 Å². The van der Waals surface area contributed by atoms with E-state index in [1.54, 1.807) is 17.3 Å². The average Bonchev–Trinajstić information content (AvgIpc) is 3.10. The number of hydrogen-bond donors (Lipinski definition) is 0. The number of anilines is 1. The van der Waals surface area contributed by atoms with Gasteiger partial charge in [0, 0.05) is 35.5 Å². The van der Waals surface area contributed by atoms with E-state index >= 15 is 0 Å². The molecule has 1 fully saturated rings. The molecule has 0 aliphatic carbocycles.